The smallest absolute Gasteiger partial charge is 0.127 e. The van der Waals surface area contributed by atoms with Crippen LogP contribution in [-0.2, 0) is 35.9 Å². The number of aryl methyl sites for hydroxylation is 2. The van der Waals surface area contributed by atoms with Gasteiger partial charge in [-0.15, -0.1) is 0 Å². The molecule has 3 rings (SSSR count). The summed E-state index contributed by atoms with van der Waals surface area (Å²) in [4.78, 5) is 0.856. The molecule has 2 aromatic rings. The fourth-order valence-electron chi connectivity index (χ4n) is 2.80. The van der Waals surface area contributed by atoms with E-state index in [1.54, 1.807) is 12.1 Å². The standard InChI is InChI=1S/C17H18FNOS/c18-17-7-4-12(8-15(17)10-19)11-21(20)16-6-5-13-2-1-3-14(13)9-16/h4-9H,1-3,10-11,19H2. The highest BCUT2D eigenvalue weighted by atomic mass is 32.2. The molecule has 1 aliphatic carbocycles. The molecule has 0 radical (unpaired) electrons. The normalized spacial score (nSPS) is 15.0. The van der Waals surface area contributed by atoms with Crippen LogP contribution >= 0.6 is 0 Å². The van der Waals surface area contributed by atoms with Gasteiger partial charge in [0.1, 0.15) is 5.82 Å². The quantitative estimate of drug-likeness (QED) is 0.943. The molecular formula is C17H18FNOS. The first kappa shape index (κ1) is 14.4. The Bertz CT molecular complexity index is 699. The molecule has 0 saturated heterocycles. The Morgan fingerprint density at radius 2 is 1.90 bits per heavy atom. The van der Waals surface area contributed by atoms with E-state index in [1.807, 2.05) is 6.07 Å². The summed E-state index contributed by atoms with van der Waals surface area (Å²) in [5, 5.41) is 0. The van der Waals surface area contributed by atoms with Crippen molar-refractivity contribution in [3.8, 4) is 0 Å². The number of benzene rings is 2. The zero-order valence-corrected chi connectivity index (χ0v) is 12.6. The fraction of sp³-hybridized carbons (Fsp3) is 0.294. The van der Waals surface area contributed by atoms with E-state index in [9.17, 15) is 8.60 Å². The highest BCUT2D eigenvalue weighted by Gasteiger charge is 2.14. The van der Waals surface area contributed by atoms with Gasteiger partial charge >= 0.3 is 0 Å². The van der Waals surface area contributed by atoms with Crippen LogP contribution in [0.1, 0.15) is 28.7 Å². The van der Waals surface area contributed by atoms with Crippen molar-refractivity contribution in [1.82, 2.24) is 0 Å². The molecule has 2 nitrogen and oxygen atoms in total. The van der Waals surface area contributed by atoms with Crippen molar-refractivity contribution in [2.75, 3.05) is 0 Å². The van der Waals surface area contributed by atoms with Crippen LogP contribution in [0.25, 0.3) is 0 Å². The molecule has 0 amide bonds. The Balaban J connectivity index is 1.80. The Morgan fingerprint density at radius 1 is 1.10 bits per heavy atom. The molecular weight excluding hydrogens is 285 g/mol. The minimum Gasteiger partial charge on any atom is -0.326 e. The maximum atomic E-state index is 13.4. The lowest BCUT2D eigenvalue weighted by atomic mass is 10.1. The van der Waals surface area contributed by atoms with Gasteiger partial charge in [-0.05, 0) is 54.2 Å². The SMILES string of the molecule is NCc1cc(CS(=O)c2ccc3c(c2)CCC3)ccc1F. The molecule has 0 aromatic heterocycles. The number of hydrogen-bond acceptors (Lipinski definition) is 2. The first-order valence-corrected chi connectivity index (χ1v) is 8.47. The van der Waals surface area contributed by atoms with Crippen LogP contribution in [0, 0.1) is 5.82 Å². The second-order valence-electron chi connectivity index (χ2n) is 5.40. The monoisotopic (exact) mass is 303 g/mol. The van der Waals surface area contributed by atoms with Gasteiger partial charge in [-0.2, -0.15) is 0 Å². The summed E-state index contributed by atoms with van der Waals surface area (Å²) < 4.78 is 25.9. The maximum absolute atomic E-state index is 13.4. The first-order valence-electron chi connectivity index (χ1n) is 7.15. The van der Waals surface area contributed by atoms with Crippen molar-refractivity contribution in [2.24, 2.45) is 5.73 Å². The topological polar surface area (TPSA) is 43.1 Å². The van der Waals surface area contributed by atoms with E-state index < -0.39 is 10.8 Å². The molecule has 4 heteroatoms. The number of halogens is 1. The third kappa shape index (κ3) is 3.06. The molecule has 110 valence electrons. The zero-order valence-electron chi connectivity index (χ0n) is 11.8. The number of hydrogen-bond donors (Lipinski definition) is 1. The van der Waals surface area contributed by atoms with Gasteiger partial charge < -0.3 is 5.73 Å². The lowest BCUT2D eigenvalue weighted by Gasteiger charge is -2.07. The molecule has 0 fully saturated rings. The van der Waals surface area contributed by atoms with E-state index in [0.717, 1.165) is 23.3 Å². The first-order chi connectivity index (χ1) is 10.2. The number of nitrogens with two attached hydrogens (primary N) is 1. The molecule has 0 saturated carbocycles. The summed E-state index contributed by atoms with van der Waals surface area (Å²) in [5.74, 6) is 0.0936. The van der Waals surface area contributed by atoms with Gasteiger partial charge in [0.05, 0.1) is 16.6 Å². The Hall–Kier alpha value is -1.52. The zero-order chi connectivity index (χ0) is 14.8. The van der Waals surface area contributed by atoms with Crippen molar-refractivity contribution in [2.45, 2.75) is 36.5 Å². The highest BCUT2D eigenvalue weighted by molar-refractivity contribution is 7.84. The van der Waals surface area contributed by atoms with E-state index in [0.29, 0.717) is 11.3 Å². The van der Waals surface area contributed by atoms with E-state index >= 15 is 0 Å². The molecule has 0 spiro atoms. The lowest BCUT2D eigenvalue weighted by molar-refractivity contribution is 0.610. The number of fused-ring (bicyclic) bond motifs is 1. The highest BCUT2D eigenvalue weighted by Crippen LogP contribution is 2.25. The Kier molecular flexibility index (Phi) is 4.17. The van der Waals surface area contributed by atoms with E-state index in [2.05, 4.69) is 12.1 Å². The Labute approximate surface area is 126 Å². The van der Waals surface area contributed by atoms with Gasteiger partial charge in [0.15, 0.2) is 0 Å². The summed E-state index contributed by atoms with van der Waals surface area (Å²) in [6.45, 7) is 0.158. The fourth-order valence-corrected chi connectivity index (χ4v) is 3.94. The van der Waals surface area contributed by atoms with Crippen LogP contribution in [0.15, 0.2) is 41.3 Å². The van der Waals surface area contributed by atoms with Gasteiger partial charge in [0.2, 0.25) is 0 Å². The van der Waals surface area contributed by atoms with E-state index in [4.69, 9.17) is 5.73 Å². The largest absolute Gasteiger partial charge is 0.326 e. The maximum Gasteiger partial charge on any atom is 0.127 e. The van der Waals surface area contributed by atoms with Crippen molar-refractivity contribution in [1.29, 1.82) is 0 Å². The summed E-state index contributed by atoms with van der Waals surface area (Å²) in [6, 6.07) is 10.9. The van der Waals surface area contributed by atoms with Crippen molar-refractivity contribution in [3.63, 3.8) is 0 Å². The summed E-state index contributed by atoms with van der Waals surface area (Å²) in [7, 11) is -1.11. The van der Waals surface area contributed by atoms with Gasteiger partial charge in [-0.25, -0.2) is 4.39 Å². The minimum absolute atomic E-state index is 0.158. The van der Waals surface area contributed by atoms with Gasteiger partial charge in [0.25, 0.3) is 0 Å². The van der Waals surface area contributed by atoms with Crippen LogP contribution in [0.5, 0.6) is 0 Å². The van der Waals surface area contributed by atoms with Crippen LogP contribution in [-0.4, -0.2) is 4.21 Å². The van der Waals surface area contributed by atoms with Crippen molar-refractivity contribution < 1.29 is 8.60 Å². The second-order valence-corrected chi connectivity index (χ2v) is 6.85. The van der Waals surface area contributed by atoms with E-state index in [1.165, 1.54) is 23.6 Å². The predicted octanol–water partition coefficient (Wildman–Crippen LogP) is 3.08. The molecule has 0 aliphatic heterocycles. The van der Waals surface area contributed by atoms with Gasteiger partial charge in [-0.3, -0.25) is 4.21 Å². The molecule has 1 atom stereocenters. The molecule has 1 aliphatic rings. The molecule has 2 aromatic carbocycles. The molecule has 2 N–H and O–H groups in total. The molecule has 0 heterocycles. The molecule has 0 bridgehead atoms. The average molecular weight is 303 g/mol. The van der Waals surface area contributed by atoms with Crippen LogP contribution in [0.4, 0.5) is 4.39 Å². The third-order valence-electron chi connectivity index (χ3n) is 3.96. The number of rotatable bonds is 4. The molecule has 21 heavy (non-hydrogen) atoms. The molecule has 1 unspecified atom stereocenters. The second kappa shape index (κ2) is 6.08. The van der Waals surface area contributed by atoms with Gasteiger partial charge in [-0.1, -0.05) is 18.2 Å². The van der Waals surface area contributed by atoms with Crippen LogP contribution in [0.3, 0.4) is 0 Å². The third-order valence-corrected chi connectivity index (χ3v) is 5.34. The summed E-state index contributed by atoms with van der Waals surface area (Å²) >= 11 is 0. The van der Waals surface area contributed by atoms with Crippen LogP contribution in [0.2, 0.25) is 0 Å². The summed E-state index contributed by atoms with van der Waals surface area (Å²) in [6.07, 6.45) is 3.39. The van der Waals surface area contributed by atoms with E-state index in [-0.39, 0.29) is 12.4 Å². The van der Waals surface area contributed by atoms with Crippen molar-refractivity contribution in [3.05, 3.63) is 64.5 Å². The Morgan fingerprint density at radius 3 is 2.71 bits per heavy atom. The summed E-state index contributed by atoms with van der Waals surface area (Å²) in [5.41, 5.74) is 9.53. The predicted molar refractivity (Wildman–Crippen MR) is 82.9 cm³/mol. The minimum atomic E-state index is -1.11. The average Bonchev–Trinajstić information content (AvgIpc) is 2.96. The van der Waals surface area contributed by atoms with Gasteiger partial charge in [0, 0.05) is 17.0 Å². The lowest BCUT2D eigenvalue weighted by Crippen LogP contribution is -2.03. The van der Waals surface area contributed by atoms with Crippen LogP contribution < -0.4 is 5.73 Å². The van der Waals surface area contributed by atoms with Crippen molar-refractivity contribution >= 4 is 10.8 Å².